The third kappa shape index (κ3) is 4.54. The Morgan fingerprint density at radius 2 is 1.70 bits per heavy atom. The van der Waals surface area contributed by atoms with E-state index in [1.54, 1.807) is 18.2 Å². The zero-order chi connectivity index (χ0) is 19.4. The van der Waals surface area contributed by atoms with Crippen molar-refractivity contribution in [2.45, 2.75) is 23.6 Å². The average molecular weight is 378 g/mol. The monoisotopic (exact) mass is 378 g/mol. The van der Waals surface area contributed by atoms with Crippen LogP contribution in [0.15, 0.2) is 76.5 Å². The lowest BCUT2D eigenvalue weighted by Crippen LogP contribution is -2.13. The number of anilines is 1. The molecule has 5 nitrogen and oxygen atoms in total. The molecule has 3 aromatic rings. The fraction of sp³-hybridized carbons (Fsp3) is 0.0952. The van der Waals surface area contributed by atoms with Crippen molar-refractivity contribution >= 4 is 29.0 Å². The molecular formula is C21H18N2O3S. The van der Waals surface area contributed by atoms with Gasteiger partial charge in [0.15, 0.2) is 0 Å². The normalized spacial score (nSPS) is 10.4. The van der Waals surface area contributed by atoms with Crippen LogP contribution in [0.5, 0.6) is 0 Å². The van der Waals surface area contributed by atoms with Crippen molar-refractivity contribution in [2.75, 3.05) is 5.32 Å². The van der Waals surface area contributed by atoms with Crippen molar-refractivity contribution in [3.63, 3.8) is 0 Å². The Hall–Kier alpha value is -3.12. The van der Waals surface area contributed by atoms with E-state index in [1.807, 2.05) is 56.3 Å². The van der Waals surface area contributed by atoms with Gasteiger partial charge in [-0.05, 0) is 49.7 Å². The van der Waals surface area contributed by atoms with Crippen molar-refractivity contribution in [2.24, 2.45) is 0 Å². The molecule has 6 heteroatoms. The van der Waals surface area contributed by atoms with Crippen molar-refractivity contribution in [1.29, 1.82) is 0 Å². The fourth-order valence-electron chi connectivity index (χ4n) is 2.53. The van der Waals surface area contributed by atoms with Gasteiger partial charge in [0.05, 0.1) is 9.82 Å². The molecule has 1 amide bonds. The van der Waals surface area contributed by atoms with E-state index in [0.29, 0.717) is 10.6 Å². The maximum absolute atomic E-state index is 12.5. The van der Waals surface area contributed by atoms with Crippen molar-refractivity contribution < 1.29 is 9.72 Å². The number of hydrogen-bond acceptors (Lipinski definition) is 4. The zero-order valence-corrected chi connectivity index (χ0v) is 15.7. The largest absolute Gasteiger partial charge is 0.322 e. The number of nitrogens with zero attached hydrogens (tertiary/aromatic N) is 1. The predicted molar refractivity (Wildman–Crippen MR) is 108 cm³/mol. The number of hydrogen-bond donors (Lipinski definition) is 1. The Morgan fingerprint density at radius 3 is 2.37 bits per heavy atom. The average Bonchev–Trinajstić information content (AvgIpc) is 2.65. The second kappa shape index (κ2) is 8.05. The van der Waals surface area contributed by atoms with E-state index in [0.717, 1.165) is 16.0 Å². The van der Waals surface area contributed by atoms with Gasteiger partial charge < -0.3 is 5.32 Å². The molecule has 0 bridgehead atoms. The first-order valence-corrected chi connectivity index (χ1v) is 9.15. The van der Waals surface area contributed by atoms with Crippen LogP contribution in [0.4, 0.5) is 11.4 Å². The van der Waals surface area contributed by atoms with Crippen molar-refractivity contribution in [3.8, 4) is 0 Å². The molecule has 0 aliphatic carbocycles. The number of para-hydroxylation sites is 1. The molecule has 0 radical (unpaired) electrons. The summed E-state index contributed by atoms with van der Waals surface area (Å²) in [5.41, 5.74) is 2.89. The first kappa shape index (κ1) is 18.7. The first-order chi connectivity index (χ1) is 12.9. The lowest BCUT2D eigenvalue weighted by atomic mass is 10.1. The molecule has 0 aliphatic rings. The molecule has 1 N–H and O–H groups in total. The lowest BCUT2D eigenvalue weighted by molar-refractivity contribution is -0.387. The maximum Gasteiger partial charge on any atom is 0.284 e. The Bertz CT molecular complexity index is 1000. The summed E-state index contributed by atoms with van der Waals surface area (Å²) in [5.74, 6) is -0.376. The molecule has 0 atom stereocenters. The van der Waals surface area contributed by atoms with Crippen LogP contribution in [0.25, 0.3) is 0 Å². The lowest BCUT2D eigenvalue weighted by Gasteiger charge is -2.09. The quantitative estimate of drug-likeness (QED) is 0.462. The van der Waals surface area contributed by atoms with Gasteiger partial charge in [-0.3, -0.25) is 14.9 Å². The first-order valence-electron chi connectivity index (χ1n) is 8.34. The van der Waals surface area contributed by atoms with E-state index in [4.69, 9.17) is 0 Å². The number of nitrogens with one attached hydrogen (secondary N) is 1. The molecule has 27 heavy (non-hydrogen) atoms. The van der Waals surface area contributed by atoms with Crippen LogP contribution in [-0.2, 0) is 0 Å². The van der Waals surface area contributed by atoms with Gasteiger partial charge in [0.1, 0.15) is 0 Å². The standard InChI is InChI=1S/C21H18N2O3S/c1-14-7-10-17(11-8-14)27-20-12-9-16(13-19(20)23(25)26)21(24)22-18-6-4-3-5-15(18)2/h3-13H,1-2H3,(H,22,24). The smallest absolute Gasteiger partial charge is 0.284 e. The molecule has 0 aliphatic heterocycles. The number of rotatable bonds is 5. The summed E-state index contributed by atoms with van der Waals surface area (Å²) in [6.45, 7) is 3.87. The second-order valence-electron chi connectivity index (χ2n) is 6.12. The number of amides is 1. The fourth-order valence-corrected chi connectivity index (χ4v) is 3.43. The molecule has 0 saturated carbocycles. The predicted octanol–water partition coefficient (Wildman–Crippen LogP) is 5.62. The molecule has 0 saturated heterocycles. The highest BCUT2D eigenvalue weighted by molar-refractivity contribution is 7.99. The van der Waals surface area contributed by atoms with E-state index in [-0.39, 0.29) is 17.2 Å². The number of carbonyl (C=O) groups excluding carboxylic acids is 1. The van der Waals surface area contributed by atoms with E-state index in [1.165, 1.54) is 17.8 Å². The maximum atomic E-state index is 12.5. The molecule has 3 rings (SSSR count). The highest BCUT2D eigenvalue weighted by Crippen LogP contribution is 2.35. The minimum Gasteiger partial charge on any atom is -0.322 e. The van der Waals surface area contributed by atoms with Crippen LogP contribution in [0.3, 0.4) is 0 Å². The zero-order valence-electron chi connectivity index (χ0n) is 14.9. The van der Waals surface area contributed by atoms with Gasteiger partial charge in [-0.15, -0.1) is 0 Å². The highest BCUT2D eigenvalue weighted by atomic mass is 32.2. The summed E-state index contributed by atoms with van der Waals surface area (Å²) in [6, 6.07) is 19.7. The summed E-state index contributed by atoms with van der Waals surface area (Å²) in [6.07, 6.45) is 0. The number of carbonyl (C=O) groups is 1. The molecule has 0 aromatic heterocycles. The number of nitro benzene ring substituents is 1. The van der Waals surface area contributed by atoms with Gasteiger partial charge in [0.2, 0.25) is 0 Å². The summed E-state index contributed by atoms with van der Waals surface area (Å²) in [7, 11) is 0. The third-order valence-electron chi connectivity index (χ3n) is 4.06. The van der Waals surface area contributed by atoms with Crippen LogP contribution in [-0.4, -0.2) is 10.8 Å². The second-order valence-corrected chi connectivity index (χ2v) is 7.24. The SMILES string of the molecule is Cc1ccc(Sc2ccc(C(=O)Nc3ccccc3C)cc2[N+](=O)[O-])cc1. The molecular weight excluding hydrogens is 360 g/mol. The van der Waals surface area contributed by atoms with Gasteiger partial charge in [-0.25, -0.2) is 0 Å². The van der Waals surface area contributed by atoms with Crippen LogP contribution in [0.2, 0.25) is 0 Å². The van der Waals surface area contributed by atoms with Crippen molar-refractivity contribution in [3.05, 3.63) is 93.5 Å². The molecule has 136 valence electrons. The van der Waals surface area contributed by atoms with Gasteiger partial charge in [0, 0.05) is 22.2 Å². The Kier molecular flexibility index (Phi) is 5.57. The minimum absolute atomic E-state index is 0.0852. The number of benzene rings is 3. The van der Waals surface area contributed by atoms with Crippen molar-refractivity contribution in [1.82, 2.24) is 0 Å². The molecule has 3 aromatic carbocycles. The Morgan fingerprint density at radius 1 is 1.00 bits per heavy atom. The molecule has 0 fully saturated rings. The molecule has 0 spiro atoms. The molecule has 0 heterocycles. The van der Waals surface area contributed by atoms with Gasteiger partial charge in [-0.2, -0.15) is 0 Å². The van der Waals surface area contributed by atoms with Crippen LogP contribution >= 0.6 is 11.8 Å². The summed E-state index contributed by atoms with van der Waals surface area (Å²) in [4.78, 5) is 25.0. The van der Waals surface area contributed by atoms with Gasteiger partial charge in [-0.1, -0.05) is 47.7 Å². The van der Waals surface area contributed by atoms with Crippen LogP contribution in [0.1, 0.15) is 21.5 Å². The van der Waals surface area contributed by atoms with Gasteiger partial charge >= 0.3 is 0 Å². The number of aryl methyl sites for hydroxylation is 2. The number of nitro groups is 1. The Labute approximate surface area is 161 Å². The topological polar surface area (TPSA) is 72.2 Å². The van der Waals surface area contributed by atoms with E-state index < -0.39 is 4.92 Å². The van der Waals surface area contributed by atoms with Gasteiger partial charge in [0.25, 0.3) is 11.6 Å². The van der Waals surface area contributed by atoms with Crippen LogP contribution in [0, 0.1) is 24.0 Å². The van der Waals surface area contributed by atoms with E-state index in [2.05, 4.69) is 5.32 Å². The Balaban J connectivity index is 1.86. The highest BCUT2D eigenvalue weighted by Gasteiger charge is 2.19. The minimum atomic E-state index is -0.457. The van der Waals surface area contributed by atoms with Crippen LogP contribution < -0.4 is 5.32 Å². The van der Waals surface area contributed by atoms with E-state index in [9.17, 15) is 14.9 Å². The summed E-state index contributed by atoms with van der Waals surface area (Å²) >= 11 is 1.30. The summed E-state index contributed by atoms with van der Waals surface area (Å²) in [5, 5.41) is 14.3. The summed E-state index contributed by atoms with van der Waals surface area (Å²) < 4.78 is 0. The third-order valence-corrected chi connectivity index (χ3v) is 5.13. The van der Waals surface area contributed by atoms with E-state index >= 15 is 0 Å². The molecule has 0 unspecified atom stereocenters.